The SMILES string of the molecule is CCOC1(OCC)CCc2c(ccc3c(=O)c4cc(C(=O)O)ccc4oc23)O1. The van der Waals surface area contributed by atoms with E-state index in [1.165, 1.54) is 18.2 Å². The van der Waals surface area contributed by atoms with Crippen LogP contribution in [0.5, 0.6) is 5.75 Å². The zero-order chi connectivity index (χ0) is 19.9. The summed E-state index contributed by atoms with van der Waals surface area (Å²) in [5.41, 5.74) is 1.32. The second kappa shape index (κ2) is 6.92. The summed E-state index contributed by atoms with van der Waals surface area (Å²) in [5.74, 6) is -1.69. The Morgan fingerprint density at radius 2 is 1.89 bits per heavy atom. The van der Waals surface area contributed by atoms with Gasteiger partial charge in [0.1, 0.15) is 16.9 Å². The van der Waals surface area contributed by atoms with Crippen LogP contribution in [0.1, 0.15) is 36.2 Å². The highest BCUT2D eigenvalue weighted by Gasteiger charge is 2.39. The highest BCUT2D eigenvalue weighted by Crippen LogP contribution is 2.39. The highest BCUT2D eigenvalue weighted by molar-refractivity contribution is 5.97. The Morgan fingerprint density at radius 1 is 1.14 bits per heavy atom. The molecule has 0 saturated heterocycles. The van der Waals surface area contributed by atoms with Gasteiger partial charge in [-0.25, -0.2) is 4.79 Å². The summed E-state index contributed by atoms with van der Waals surface area (Å²) < 4.78 is 23.5. The second-order valence-corrected chi connectivity index (χ2v) is 6.52. The van der Waals surface area contributed by atoms with E-state index in [2.05, 4.69) is 0 Å². The lowest BCUT2D eigenvalue weighted by molar-refractivity contribution is -0.347. The molecular weight excluding hydrogens is 364 g/mol. The molecular formula is C21H20O7. The van der Waals surface area contributed by atoms with Gasteiger partial charge in [-0.1, -0.05) is 0 Å². The Hall–Kier alpha value is -2.90. The molecule has 3 aromatic rings. The summed E-state index contributed by atoms with van der Waals surface area (Å²) in [6.45, 7) is 4.62. The number of hydrogen-bond acceptors (Lipinski definition) is 6. The number of fused-ring (bicyclic) bond motifs is 4. The van der Waals surface area contributed by atoms with Gasteiger partial charge in [-0.3, -0.25) is 4.79 Å². The Morgan fingerprint density at radius 3 is 2.57 bits per heavy atom. The van der Waals surface area contributed by atoms with Crippen molar-refractivity contribution in [1.82, 2.24) is 0 Å². The largest absolute Gasteiger partial charge is 0.478 e. The molecule has 7 nitrogen and oxygen atoms in total. The molecule has 1 aromatic heterocycles. The van der Waals surface area contributed by atoms with Gasteiger partial charge in [-0.2, -0.15) is 0 Å². The first-order chi connectivity index (χ1) is 13.5. The standard InChI is InChI=1S/C21H20O7/c1-3-25-21(26-4-2)10-9-13-17(28-21)8-6-14-18(22)15-11-12(20(23)24)5-7-16(15)27-19(13)14/h5-8,11H,3-4,9-10H2,1-2H3,(H,23,24). The minimum absolute atomic E-state index is 0.0404. The molecule has 28 heavy (non-hydrogen) atoms. The lowest BCUT2D eigenvalue weighted by Crippen LogP contribution is -2.45. The highest BCUT2D eigenvalue weighted by atomic mass is 16.9. The second-order valence-electron chi connectivity index (χ2n) is 6.52. The van der Waals surface area contributed by atoms with Crippen LogP contribution in [-0.2, 0) is 15.9 Å². The average molecular weight is 384 g/mol. The van der Waals surface area contributed by atoms with E-state index in [0.29, 0.717) is 48.4 Å². The monoisotopic (exact) mass is 384 g/mol. The fraction of sp³-hybridized carbons (Fsp3) is 0.333. The van der Waals surface area contributed by atoms with Gasteiger partial charge in [0.05, 0.1) is 29.5 Å². The van der Waals surface area contributed by atoms with Crippen LogP contribution in [0.25, 0.3) is 21.9 Å². The Balaban J connectivity index is 1.88. The summed E-state index contributed by atoms with van der Waals surface area (Å²) in [4.78, 5) is 24.1. The number of carboxylic acid groups (broad SMARTS) is 1. The van der Waals surface area contributed by atoms with Gasteiger partial charge in [0.2, 0.25) is 5.43 Å². The van der Waals surface area contributed by atoms with Crippen molar-refractivity contribution in [2.75, 3.05) is 13.2 Å². The van der Waals surface area contributed by atoms with Crippen LogP contribution in [0.15, 0.2) is 39.5 Å². The van der Waals surface area contributed by atoms with E-state index in [0.717, 1.165) is 5.56 Å². The number of carboxylic acids is 1. The van der Waals surface area contributed by atoms with Crippen molar-refractivity contribution in [2.24, 2.45) is 0 Å². The van der Waals surface area contributed by atoms with Crippen molar-refractivity contribution in [2.45, 2.75) is 32.7 Å². The lowest BCUT2D eigenvalue weighted by Gasteiger charge is -2.37. The molecule has 146 valence electrons. The molecule has 0 bridgehead atoms. The third-order valence-corrected chi connectivity index (χ3v) is 4.82. The van der Waals surface area contributed by atoms with Crippen molar-refractivity contribution >= 4 is 27.9 Å². The molecule has 0 amide bonds. The van der Waals surface area contributed by atoms with Crippen molar-refractivity contribution < 1.29 is 28.5 Å². The van der Waals surface area contributed by atoms with E-state index in [1.54, 1.807) is 12.1 Å². The number of benzene rings is 2. The molecule has 7 heteroatoms. The first-order valence-electron chi connectivity index (χ1n) is 9.20. The van der Waals surface area contributed by atoms with E-state index in [1.807, 2.05) is 13.8 Å². The van der Waals surface area contributed by atoms with Crippen LogP contribution in [-0.4, -0.2) is 30.3 Å². The summed E-state index contributed by atoms with van der Waals surface area (Å²) in [5, 5.41) is 9.79. The molecule has 0 atom stereocenters. The Kier molecular flexibility index (Phi) is 4.56. The Bertz CT molecular complexity index is 1120. The third-order valence-electron chi connectivity index (χ3n) is 4.82. The zero-order valence-electron chi connectivity index (χ0n) is 15.6. The van der Waals surface area contributed by atoms with Crippen molar-refractivity contribution in [3.8, 4) is 5.75 Å². The van der Waals surface area contributed by atoms with Crippen LogP contribution in [0.4, 0.5) is 0 Å². The van der Waals surface area contributed by atoms with E-state index >= 15 is 0 Å². The molecule has 1 N–H and O–H groups in total. The van der Waals surface area contributed by atoms with E-state index in [4.69, 9.17) is 18.6 Å². The lowest BCUT2D eigenvalue weighted by atomic mass is 10.00. The maximum absolute atomic E-state index is 12.9. The number of carbonyl (C=O) groups is 1. The number of ether oxygens (including phenoxy) is 3. The van der Waals surface area contributed by atoms with Gasteiger partial charge >= 0.3 is 11.9 Å². The van der Waals surface area contributed by atoms with Crippen LogP contribution in [0.3, 0.4) is 0 Å². The first kappa shape index (κ1) is 18.5. The first-order valence-corrected chi connectivity index (χ1v) is 9.20. The average Bonchev–Trinajstić information content (AvgIpc) is 2.68. The van der Waals surface area contributed by atoms with Gasteiger partial charge in [0, 0.05) is 12.0 Å². The van der Waals surface area contributed by atoms with Crippen molar-refractivity contribution in [3.05, 3.63) is 51.7 Å². The van der Waals surface area contributed by atoms with Crippen molar-refractivity contribution in [3.63, 3.8) is 0 Å². The van der Waals surface area contributed by atoms with Crippen molar-refractivity contribution in [1.29, 1.82) is 0 Å². The molecule has 0 saturated carbocycles. The molecule has 2 heterocycles. The van der Waals surface area contributed by atoms with Gasteiger partial charge in [-0.15, -0.1) is 0 Å². The number of hydrogen-bond donors (Lipinski definition) is 1. The molecule has 0 unspecified atom stereocenters. The molecule has 2 aromatic carbocycles. The fourth-order valence-corrected chi connectivity index (χ4v) is 3.60. The summed E-state index contributed by atoms with van der Waals surface area (Å²) in [6.07, 6.45) is 1.01. The molecule has 0 spiro atoms. The number of aryl methyl sites for hydroxylation is 1. The van der Waals surface area contributed by atoms with E-state index < -0.39 is 11.9 Å². The molecule has 0 aliphatic carbocycles. The van der Waals surface area contributed by atoms with Gasteiger partial charge in [-0.05, 0) is 50.6 Å². The maximum atomic E-state index is 12.9. The topological polar surface area (TPSA) is 95.2 Å². The summed E-state index contributed by atoms with van der Waals surface area (Å²) in [6, 6.07) is 7.59. The summed E-state index contributed by atoms with van der Waals surface area (Å²) in [7, 11) is 0. The third kappa shape index (κ3) is 2.93. The minimum atomic E-state index is -1.14. The molecule has 1 aliphatic rings. The van der Waals surface area contributed by atoms with Crippen LogP contribution in [0.2, 0.25) is 0 Å². The molecule has 1 aliphatic heterocycles. The number of aromatic carboxylic acids is 1. The smallest absolute Gasteiger partial charge is 0.335 e. The van der Waals surface area contributed by atoms with Gasteiger partial charge in [0.15, 0.2) is 0 Å². The maximum Gasteiger partial charge on any atom is 0.335 e. The number of rotatable bonds is 5. The van der Waals surface area contributed by atoms with E-state index in [-0.39, 0.29) is 16.4 Å². The van der Waals surface area contributed by atoms with Crippen LogP contribution in [0, 0.1) is 0 Å². The molecule has 0 fully saturated rings. The molecule has 4 rings (SSSR count). The van der Waals surface area contributed by atoms with Crippen LogP contribution < -0.4 is 10.2 Å². The Labute approximate surface area is 160 Å². The normalized spacial score (nSPS) is 15.4. The van der Waals surface area contributed by atoms with Crippen LogP contribution >= 0.6 is 0 Å². The summed E-state index contributed by atoms with van der Waals surface area (Å²) >= 11 is 0. The van der Waals surface area contributed by atoms with Gasteiger partial charge < -0.3 is 23.7 Å². The minimum Gasteiger partial charge on any atom is -0.478 e. The fourth-order valence-electron chi connectivity index (χ4n) is 3.60. The van der Waals surface area contributed by atoms with Gasteiger partial charge in [0.25, 0.3) is 0 Å². The van der Waals surface area contributed by atoms with E-state index in [9.17, 15) is 14.7 Å². The molecule has 0 radical (unpaired) electrons. The predicted octanol–water partition coefficient (Wildman–Crippen LogP) is 3.70. The zero-order valence-corrected chi connectivity index (χ0v) is 15.6. The predicted molar refractivity (Wildman–Crippen MR) is 102 cm³/mol. The quantitative estimate of drug-likeness (QED) is 0.529.